The second-order valence-electron chi connectivity index (χ2n) is 8.13. The Labute approximate surface area is 176 Å². The van der Waals surface area contributed by atoms with Crippen LogP contribution in [0.3, 0.4) is 0 Å². The molecular formula is C22H29N5O3. The van der Waals surface area contributed by atoms with Crippen LogP contribution in [0, 0.1) is 19.8 Å². The van der Waals surface area contributed by atoms with Gasteiger partial charge in [0.15, 0.2) is 5.69 Å². The SMILES string of the molecule is Cc1ccc(C2C(C(=O)Nc3c(C(=O)N(C)C)nn(C)c3C)CCC(=O)N2C)cc1. The minimum atomic E-state index is -0.433. The van der Waals surface area contributed by atoms with Gasteiger partial charge < -0.3 is 15.1 Å². The van der Waals surface area contributed by atoms with Gasteiger partial charge in [-0.05, 0) is 25.8 Å². The molecule has 0 radical (unpaired) electrons. The molecule has 1 aromatic heterocycles. The molecule has 160 valence electrons. The molecule has 1 saturated heterocycles. The number of rotatable bonds is 4. The van der Waals surface area contributed by atoms with Crippen molar-refractivity contribution in [3.63, 3.8) is 0 Å². The fourth-order valence-corrected chi connectivity index (χ4v) is 3.87. The van der Waals surface area contributed by atoms with Crippen molar-refractivity contribution in [2.45, 2.75) is 32.7 Å². The Bertz CT molecular complexity index is 977. The van der Waals surface area contributed by atoms with E-state index in [0.29, 0.717) is 24.2 Å². The number of amides is 3. The number of carbonyl (C=O) groups excluding carboxylic acids is 3. The molecule has 2 aromatic rings. The Hall–Kier alpha value is -3.16. The molecule has 3 rings (SSSR count). The van der Waals surface area contributed by atoms with Gasteiger partial charge >= 0.3 is 0 Å². The monoisotopic (exact) mass is 411 g/mol. The lowest BCUT2D eigenvalue weighted by atomic mass is 9.83. The molecule has 1 aliphatic heterocycles. The Morgan fingerprint density at radius 3 is 2.37 bits per heavy atom. The van der Waals surface area contributed by atoms with Crippen molar-refractivity contribution in [2.75, 3.05) is 26.5 Å². The fraction of sp³-hybridized carbons (Fsp3) is 0.455. The summed E-state index contributed by atoms with van der Waals surface area (Å²) in [6.45, 7) is 3.81. The van der Waals surface area contributed by atoms with E-state index >= 15 is 0 Å². The highest BCUT2D eigenvalue weighted by Crippen LogP contribution is 2.37. The number of aromatic nitrogens is 2. The minimum Gasteiger partial charge on any atom is -0.343 e. The largest absolute Gasteiger partial charge is 0.343 e. The molecular weight excluding hydrogens is 382 g/mol. The summed E-state index contributed by atoms with van der Waals surface area (Å²) in [5.74, 6) is -0.910. The number of benzene rings is 1. The highest BCUT2D eigenvalue weighted by atomic mass is 16.2. The molecule has 3 amide bonds. The number of hydrogen-bond acceptors (Lipinski definition) is 4. The maximum Gasteiger partial charge on any atom is 0.276 e. The van der Waals surface area contributed by atoms with E-state index in [4.69, 9.17) is 0 Å². The average Bonchev–Trinajstić information content (AvgIpc) is 2.98. The van der Waals surface area contributed by atoms with E-state index < -0.39 is 5.92 Å². The zero-order chi connectivity index (χ0) is 22.2. The zero-order valence-corrected chi connectivity index (χ0v) is 18.4. The van der Waals surface area contributed by atoms with Crippen LogP contribution in [-0.2, 0) is 16.6 Å². The first-order valence-electron chi connectivity index (χ1n) is 10.00. The summed E-state index contributed by atoms with van der Waals surface area (Å²) in [5, 5.41) is 7.23. The number of anilines is 1. The number of aryl methyl sites for hydroxylation is 2. The van der Waals surface area contributed by atoms with Crippen molar-refractivity contribution in [3.05, 3.63) is 46.8 Å². The molecule has 1 aromatic carbocycles. The molecule has 1 N–H and O–H groups in total. The van der Waals surface area contributed by atoms with Crippen molar-refractivity contribution < 1.29 is 14.4 Å². The third kappa shape index (κ3) is 3.94. The van der Waals surface area contributed by atoms with E-state index in [1.165, 1.54) is 4.90 Å². The normalized spacial score (nSPS) is 19.0. The highest BCUT2D eigenvalue weighted by Gasteiger charge is 2.39. The zero-order valence-electron chi connectivity index (χ0n) is 18.4. The summed E-state index contributed by atoms with van der Waals surface area (Å²) in [6, 6.07) is 7.53. The van der Waals surface area contributed by atoms with E-state index in [0.717, 1.165) is 11.1 Å². The number of hydrogen-bond donors (Lipinski definition) is 1. The topological polar surface area (TPSA) is 87.5 Å². The summed E-state index contributed by atoms with van der Waals surface area (Å²) in [7, 11) is 6.77. The molecule has 8 nitrogen and oxygen atoms in total. The Kier molecular flexibility index (Phi) is 5.96. The summed E-state index contributed by atoms with van der Waals surface area (Å²) in [6.07, 6.45) is 0.760. The van der Waals surface area contributed by atoms with Gasteiger partial charge in [0, 0.05) is 34.6 Å². The Morgan fingerprint density at radius 1 is 1.13 bits per heavy atom. The van der Waals surface area contributed by atoms with E-state index in [-0.39, 0.29) is 29.5 Å². The van der Waals surface area contributed by atoms with Crippen LogP contribution in [0.1, 0.15) is 46.2 Å². The highest BCUT2D eigenvalue weighted by molar-refractivity contribution is 6.03. The predicted octanol–water partition coefficient (Wildman–Crippen LogP) is 2.29. The molecule has 1 aliphatic rings. The smallest absolute Gasteiger partial charge is 0.276 e. The second-order valence-corrected chi connectivity index (χ2v) is 8.13. The number of nitrogens with one attached hydrogen (secondary N) is 1. The second kappa shape index (κ2) is 8.30. The molecule has 2 heterocycles. The maximum atomic E-state index is 13.4. The lowest BCUT2D eigenvalue weighted by Crippen LogP contribution is -2.44. The van der Waals surface area contributed by atoms with Crippen LogP contribution in [0.5, 0.6) is 0 Å². The first-order valence-corrected chi connectivity index (χ1v) is 10.00. The van der Waals surface area contributed by atoms with Crippen molar-refractivity contribution in [3.8, 4) is 0 Å². The molecule has 0 aliphatic carbocycles. The third-order valence-electron chi connectivity index (χ3n) is 5.81. The number of likely N-dealkylation sites (tertiary alicyclic amines) is 1. The van der Waals surface area contributed by atoms with Crippen molar-refractivity contribution in [1.29, 1.82) is 0 Å². The van der Waals surface area contributed by atoms with E-state index in [1.807, 2.05) is 38.1 Å². The van der Waals surface area contributed by atoms with E-state index in [9.17, 15) is 14.4 Å². The summed E-state index contributed by atoms with van der Waals surface area (Å²) >= 11 is 0. The van der Waals surface area contributed by atoms with E-state index in [1.54, 1.807) is 37.8 Å². The van der Waals surface area contributed by atoms with Gasteiger partial charge in [0.05, 0.1) is 23.3 Å². The Balaban J connectivity index is 1.94. The molecule has 8 heteroatoms. The first kappa shape index (κ1) is 21.5. The summed E-state index contributed by atoms with van der Waals surface area (Å²) in [5.41, 5.74) is 3.36. The van der Waals surface area contributed by atoms with Gasteiger partial charge in [0.1, 0.15) is 0 Å². The van der Waals surface area contributed by atoms with Crippen molar-refractivity contribution >= 4 is 23.4 Å². The molecule has 30 heavy (non-hydrogen) atoms. The lowest BCUT2D eigenvalue weighted by Gasteiger charge is -2.38. The molecule has 1 fully saturated rings. The van der Waals surface area contributed by atoms with Gasteiger partial charge in [-0.2, -0.15) is 5.10 Å². The van der Waals surface area contributed by atoms with E-state index in [2.05, 4.69) is 10.4 Å². The van der Waals surface area contributed by atoms with Crippen LogP contribution >= 0.6 is 0 Å². The third-order valence-corrected chi connectivity index (χ3v) is 5.81. The molecule has 0 bridgehead atoms. The van der Waals surface area contributed by atoms with Gasteiger partial charge in [-0.15, -0.1) is 0 Å². The van der Waals surface area contributed by atoms with Crippen LogP contribution < -0.4 is 5.32 Å². The van der Waals surface area contributed by atoms with Gasteiger partial charge in [0.25, 0.3) is 5.91 Å². The quantitative estimate of drug-likeness (QED) is 0.836. The summed E-state index contributed by atoms with van der Waals surface area (Å²) in [4.78, 5) is 41.4. The number of piperidine rings is 1. The number of carbonyl (C=O) groups is 3. The standard InChI is InChI=1S/C22H29N5O3/c1-13-7-9-15(10-8-13)20-16(11-12-17(28)26(20)5)21(29)23-18-14(2)27(6)24-19(18)22(30)25(3)4/h7-10,16,20H,11-12H2,1-6H3,(H,23,29). The molecule has 2 atom stereocenters. The molecule has 0 spiro atoms. The van der Waals surface area contributed by atoms with Crippen LogP contribution in [0.4, 0.5) is 5.69 Å². The van der Waals surface area contributed by atoms with Crippen LogP contribution in [-0.4, -0.2) is 58.4 Å². The average molecular weight is 412 g/mol. The molecule has 2 unspecified atom stereocenters. The lowest BCUT2D eigenvalue weighted by molar-refractivity contribution is -0.140. The molecule has 0 saturated carbocycles. The van der Waals surface area contributed by atoms with Crippen LogP contribution in [0.15, 0.2) is 24.3 Å². The van der Waals surface area contributed by atoms with Gasteiger partial charge in [-0.3, -0.25) is 19.1 Å². The summed E-state index contributed by atoms with van der Waals surface area (Å²) < 4.78 is 1.58. The van der Waals surface area contributed by atoms with Gasteiger partial charge in [-0.25, -0.2) is 0 Å². The van der Waals surface area contributed by atoms with Crippen molar-refractivity contribution in [1.82, 2.24) is 19.6 Å². The predicted molar refractivity (Wildman–Crippen MR) is 114 cm³/mol. The number of nitrogens with zero attached hydrogens (tertiary/aromatic N) is 4. The van der Waals surface area contributed by atoms with Crippen LogP contribution in [0.25, 0.3) is 0 Å². The van der Waals surface area contributed by atoms with Crippen molar-refractivity contribution in [2.24, 2.45) is 13.0 Å². The van der Waals surface area contributed by atoms with Crippen LogP contribution in [0.2, 0.25) is 0 Å². The van der Waals surface area contributed by atoms with Gasteiger partial charge in [-0.1, -0.05) is 29.8 Å². The Morgan fingerprint density at radius 2 is 1.77 bits per heavy atom. The fourth-order valence-electron chi connectivity index (χ4n) is 3.87. The maximum absolute atomic E-state index is 13.4. The minimum absolute atomic E-state index is 0.0191. The first-order chi connectivity index (χ1) is 14.1. The van der Waals surface area contributed by atoms with Gasteiger partial charge in [0.2, 0.25) is 11.8 Å².